The molecule has 1 aromatic heterocycles. The summed E-state index contributed by atoms with van der Waals surface area (Å²) in [5.74, 6) is 0. The Morgan fingerprint density at radius 2 is 1.53 bits per heavy atom. The van der Waals surface area contributed by atoms with Crippen LogP contribution >= 0.6 is 0 Å². The summed E-state index contributed by atoms with van der Waals surface area (Å²) < 4.78 is 9.31. The lowest BCUT2D eigenvalue weighted by Gasteiger charge is -2.10. The predicted molar refractivity (Wildman–Crippen MR) is 62.3 cm³/mol. The van der Waals surface area contributed by atoms with Crippen LogP contribution in [0.3, 0.4) is 0 Å². The minimum absolute atomic E-state index is 0.691. The van der Waals surface area contributed by atoms with Crippen molar-refractivity contribution in [3.8, 4) is 0 Å². The van der Waals surface area contributed by atoms with E-state index in [1.807, 2.05) is 31.1 Å². The molecular weight excluding hydrogens is 192 g/mol. The van der Waals surface area contributed by atoms with Crippen molar-refractivity contribution in [1.29, 1.82) is 0 Å². The van der Waals surface area contributed by atoms with Crippen LogP contribution in [0.4, 0.5) is 5.69 Å². The molecular formula is C11H20N2O2. The first-order chi connectivity index (χ1) is 7.22. The highest BCUT2D eigenvalue weighted by molar-refractivity contribution is 5.42. The number of pyridine rings is 1. The summed E-state index contributed by atoms with van der Waals surface area (Å²) in [4.78, 5) is 5.94. The Balaban J connectivity index is 0.000000288. The van der Waals surface area contributed by atoms with Gasteiger partial charge in [0.25, 0.3) is 0 Å². The largest absolute Gasteiger partial charge is 0.382 e. The van der Waals surface area contributed by atoms with Crippen LogP contribution in [0.1, 0.15) is 0 Å². The van der Waals surface area contributed by atoms with Gasteiger partial charge in [-0.05, 0) is 12.1 Å². The molecule has 4 nitrogen and oxygen atoms in total. The summed E-state index contributed by atoms with van der Waals surface area (Å²) in [5, 5.41) is 0. The number of anilines is 1. The molecule has 0 unspecified atom stereocenters. The zero-order valence-electron chi connectivity index (χ0n) is 9.93. The Kier molecular flexibility index (Phi) is 8.72. The number of rotatable bonds is 4. The fourth-order valence-corrected chi connectivity index (χ4v) is 0.809. The second-order valence-electron chi connectivity index (χ2n) is 3.09. The topological polar surface area (TPSA) is 34.6 Å². The van der Waals surface area contributed by atoms with E-state index in [0.29, 0.717) is 13.2 Å². The standard InChI is InChI=1S/C7H10N2.C4H10O2/c1-9(2)7-3-5-8-6-4-7;1-5-3-4-6-2/h3-6H,1-2H3;3-4H2,1-2H3. The van der Waals surface area contributed by atoms with Gasteiger partial charge < -0.3 is 14.4 Å². The molecule has 0 saturated carbocycles. The molecule has 0 aromatic carbocycles. The van der Waals surface area contributed by atoms with E-state index >= 15 is 0 Å². The summed E-state index contributed by atoms with van der Waals surface area (Å²) in [6, 6.07) is 3.94. The van der Waals surface area contributed by atoms with E-state index in [9.17, 15) is 0 Å². The van der Waals surface area contributed by atoms with Gasteiger partial charge in [-0.3, -0.25) is 4.98 Å². The van der Waals surface area contributed by atoms with Gasteiger partial charge in [-0.15, -0.1) is 0 Å². The highest BCUT2D eigenvalue weighted by Crippen LogP contribution is 2.05. The van der Waals surface area contributed by atoms with E-state index in [2.05, 4.69) is 14.5 Å². The number of nitrogens with zero attached hydrogens (tertiary/aromatic N) is 2. The fourth-order valence-electron chi connectivity index (χ4n) is 0.809. The first-order valence-corrected chi connectivity index (χ1v) is 4.77. The van der Waals surface area contributed by atoms with Crippen molar-refractivity contribution in [2.45, 2.75) is 0 Å². The number of methoxy groups -OCH3 is 2. The molecule has 0 aliphatic rings. The Morgan fingerprint density at radius 1 is 1.07 bits per heavy atom. The molecule has 0 bridgehead atoms. The molecule has 4 heteroatoms. The molecule has 1 rings (SSSR count). The zero-order chi connectivity index (χ0) is 11.5. The molecule has 0 radical (unpaired) electrons. The van der Waals surface area contributed by atoms with E-state index in [1.165, 1.54) is 5.69 Å². The average Bonchev–Trinajstić information content (AvgIpc) is 2.28. The Morgan fingerprint density at radius 3 is 1.80 bits per heavy atom. The van der Waals surface area contributed by atoms with Gasteiger partial charge in [0, 0.05) is 46.4 Å². The normalized spacial score (nSPS) is 9.07. The predicted octanol–water partition coefficient (Wildman–Crippen LogP) is 1.43. The van der Waals surface area contributed by atoms with E-state index in [-0.39, 0.29) is 0 Å². The van der Waals surface area contributed by atoms with E-state index in [4.69, 9.17) is 0 Å². The third-order valence-electron chi connectivity index (χ3n) is 1.67. The highest BCUT2D eigenvalue weighted by atomic mass is 16.5. The summed E-state index contributed by atoms with van der Waals surface area (Å²) in [5.41, 5.74) is 1.19. The van der Waals surface area contributed by atoms with Crippen molar-refractivity contribution < 1.29 is 9.47 Å². The van der Waals surface area contributed by atoms with Crippen LogP contribution in [0.5, 0.6) is 0 Å². The second-order valence-corrected chi connectivity index (χ2v) is 3.09. The van der Waals surface area contributed by atoms with Crippen molar-refractivity contribution in [2.24, 2.45) is 0 Å². The van der Waals surface area contributed by atoms with Crippen LogP contribution < -0.4 is 4.90 Å². The lowest BCUT2D eigenvalue weighted by molar-refractivity contribution is 0.103. The van der Waals surface area contributed by atoms with Crippen molar-refractivity contribution in [1.82, 2.24) is 4.98 Å². The first-order valence-electron chi connectivity index (χ1n) is 4.77. The summed E-state index contributed by atoms with van der Waals surface area (Å²) >= 11 is 0. The van der Waals surface area contributed by atoms with Gasteiger partial charge in [-0.2, -0.15) is 0 Å². The zero-order valence-corrected chi connectivity index (χ0v) is 9.93. The van der Waals surface area contributed by atoms with Crippen LogP contribution in [-0.2, 0) is 9.47 Å². The molecule has 0 atom stereocenters. The van der Waals surface area contributed by atoms with Crippen LogP contribution in [-0.4, -0.2) is 46.5 Å². The second kappa shape index (κ2) is 9.43. The molecule has 0 spiro atoms. The average molecular weight is 212 g/mol. The minimum atomic E-state index is 0.691. The molecule has 0 saturated heterocycles. The van der Waals surface area contributed by atoms with Crippen molar-refractivity contribution >= 4 is 5.69 Å². The number of hydrogen-bond acceptors (Lipinski definition) is 4. The van der Waals surface area contributed by atoms with Crippen molar-refractivity contribution in [2.75, 3.05) is 46.4 Å². The third-order valence-corrected chi connectivity index (χ3v) is 1.67. The molecule has 1 heterocycles. The van der Waals surface area contributed by atoms with Gasteiger partial charge in [-0.25, -0.2) is 0 Å². The molecule has 0 fully saturated rings. The molecule has 0 amide bonds. The van der Waals surface area contributed by atoms with Gasteiger partial charge >= 0.3 is 0 Å². The van der Waals surface area contributed by atoms with E-state index < -0.39 is 0 Å². The SMILES string of the molecule is CN(C)c1ccncc1.COCCOC. The van der Waals surface area contributed by atoms with Gasteiger partial charge in [0.1, 0.15) is 0 Å². The number of ether oxygens (including phenoxy) is 2. The van der Waals surface area contributed by atoms with Gasteiger partial charge in [0.05, 0.1) is 13.2 Å². The Labute approximate surface area is 91.8 Å². The summed E-state index contributed by atoms with van der Waals surface area (Å²) in [6.07, 6.45) is 3.57. The van der Waals surface area contributed by atoms with Gasteiger partial charge in [0.2, 0.25) is 0 Å². The lowest BCUT2D eigenvalue weighted by Crippen LogP contribution is -2.07. The molecule has 0 aliphatic heterocycles. The van der Waals surface area contributed by atoms with E-state index in [1.54, 1.807) is 26.6 Å². The minimum Gasteiger partial charge on any atom is -0.382 e. The van der Waals surface area contributed by atoms with Gasteiger partial charge in [0.15, 0.2) is 0 Å². The third kappa shape index (κ3) is 7.90. The molecule has 0 N–H and O–H groups in total. The van der Waals surface area contributed by atoms with Crippen LogP contribution in [0.15, 0.2) is 24.5 Å². The maximum absolute atomic E-state index is 4.66. The Hall–Kier alpha value is -1.13. The lowest BCUT2D eigenvalue weighted by atomic mass is 10.4. The maximum Gasteiger partial charge on any atom is 0.0696 e. The Bertz CT molecular complexity index is 223. The van der Waals surface area contributed by atoms with E-state index in [0.717, 1.165) is 0 Å². The monoisotopic (exact) mass is 212 g/mol. The summed E-state index contributed by atoms with van der Waals surface area (Å²) in [6.45, 7) is 1.38. The maximum atomic E-state index is 4.66. The van der Waals surface area contributed by atoms with Gasteiger partial charge in [-0.1, -0.05) is 0 Å². The van der Waals surface area contributed by atoms with Crippen LogP contribution in [0.2, 0.25) is 0 Å². The van der Waals surface area contributed by atoms with Crippen LogP contribution in [0.25, 0.3) is 0 Å². The van der Waals surface area contributed by atoms with Crippen LogP contribution in [0, 0.1) is 0 Å². The summed E-state index contributed by atoms with van der Waals surface area (Å²) in [7, 11) is 7.32. The quantitative estimate of drug-likeness (QED) is 0.707. The fraction of sp³-hybridized carbons (Fsp3) is 0.545. The molecule has 15 heavy (non-hydrogen) atoms. The van der Waals surface area contributed by atoms with Crippen molar-refractivity contribution in [3.05, 3.63) is 24.5 Å². The first kappa shape index (κ1) is 13.9. The highest BCUT2D eigenvalue weighted by Gasteiger charge is 1.88. The number of hydrogen-bond donors (Lipinski definition) is 0. The number of aromatic nitrogens is 1. The molecule has 0 aliphatic carbocycles. The molecule has 1 aromatic rings. The smallest absolute Gasteiger partial charge is 0.0696 e. The molecule has 86 valence electrons. The van der Waals surface area contributed by atoms with Crippen molar-refractivity contribution in [3.63, 3.8) is 0 Å².